The Morgan fingerprint density at radius 2 is 2.06 bits per heavy atom. The van der Waals surface area contributed by atoms with E-state index in [0.717, 1.165) is 26.2 Å². The number of thiophene rings is 1. The Kier molecular flexibility index (Phi) is 6.61. The van der Waals surface area contributed by atoms with E-state index in [-0.39, 0.29) is 25.5 Å². The second-order valence-corrected chi connectivity index (χ2v) is 8.47. The summed E-state index contributed by atoms with van der Waals surface area (Å²) in [7, 11) is 0. The van der Waals surface area contributed by atoms with E-state index >= 15 is 0 Å². The lowest BCUT2D eigenvalue weighted by Gasteiger charge is -2.21. The molecule has 0 radical (unpaired) electrons. The SMILES string of the molecule is NC[C@@H](C(=O)Nc1cc2ccncc2s1)c1ccc(COC(=O)C2=C[C@@H](O[N+](=O)[O-])C2)cc1. The number of hydrogen-bond acceptors (Lipinski definition) is 9. The van der Waals surface area contributed by atoms with Gasteiger partial charge in [-0.3, -0.25) is 9.78 Å². The number of rotatable bonds is 9. The van der Waals surface area contributed by atoms with Crippen molar-refractivity contribution in [1.29, 1.82) is 0 Å². The first-order valence-electron chi connectivity index (χ1n) is 10.0. The van der Waals surface area contributed by atoms with Crippen molar-refractivity contribution in [1.82, 2.24) is 4.98 Å². The predicted molar refractivity (Wildman–Crippen MR) is 121 cm³/mol. The van der Waals surface area contributed by atoms with E-state index in [9.17, 15) is 19.7 Å². The Morgan fingerprint density at radius 3 is 2.73 bits per heavy atom. The monoisotopic (exact) mass is 468 g/mol. The molecule has 2 aromatic heterocycles. The molecule has 0 unspecified atom stereocenters. The molecule has 170 valence electrons. The molecule has 2 atom stereocenters. The molecular weight excluding hydrogens is 448 g/mol. The third-order valence-electron chi connectivity index (χ3n) is 5.17. The number of amides is 1. The van der Waals surface area contributed by atoms with E-state index in [1.165, 1.54) is 17.4 Å². The number of hydrogen-bond donors (Lipinski definition) is 2. The Labute approximate surface area is 192 Å². The van der Waals surface area contributed by atoms with Crippen LogP contribution in [0.1, 0.15) is 23.5 Å². The largest absolute Gasteiger partial charge is 0.457 e. The van der Waals surface area contributed by atoms with Gasteiger partial charge in [0.25, 0.3) is 5.09 Å². The number of nitrogens with one attached hydrogen (secondary N) is 1. The highest BCUT2D eigenvalue weighted by Crippen LogP contribution is 2.30. The number of carbonyl (C=O) groups excluding carboxylic acids is 2. The van der Waals surface area contributed by atoms with Gasteiger partial charge >= 0.3 is 5.97 Å². The zero-order chi connectivity index (χ0) is 23.4. The van der Waals surface area contributed by atoms with Gasteiger partial charge in [0, 0.05) is 30.9 Å². The van der Waals surface area contributed by atoms with Gasteiger partial charge in [-0.25, -0.2) is 4.79 Å². The van der Waals surface area contributed by atoms with E-state index in [2.05, 4.69) is 15.1 Å². The molecule has 1 aromatic carbocycles. The molecule has 0 saturated heterocycles. The summed E-state index contributed by atoms with van der Waals surface area (Å²) < 4.78 is 6.21. The molecule has 3 aromatic rings. The maximum Gasteiger partial charge on any atom is 0.334 e. The highest BCUT2D eigenvalue weighted by Gasteiger charge is 2.28. The van der Waals surface area contributed by atoms with Crippen molar-refractivity contribution in [3.63, 3.8) is 0 Å². The minimum atomic E-state index is -0.889. The summed E-state index contributed by atoms with van der Waals surface area (Å²) >= 11 is 1.44. The highest BCUT2D eigenvalue weighted by atomic mass is 32.1. The van der Waals surface area contributed by atoms with Gasteiger partial charge in [-0.05, 0) is 34.7 Å². The number of aromatic nitrogens is 1. The third kappa shape index (κ3) is 5.33. The molecule has 4 rings (SSSR count). The molecule has 3 N–H and O–H groups in total. The minimum Gasteiger partial charge on any atom is -0.457 e. The molecule has 0 spiro atoms. The van der Waals surface area contributed by atoms with Gasteiger partial charge in [0.05, 0.1) is 15.6 Å². The van der Waals surface area contributed by atoms with Crippen LogP contribution in [0, 0.1) is 10.1 Å². The van der Waals surface area contributed by atoms with Gasteiger partial charge in [0.2, 0.25) is 5.91 Å². The number of pyridine rings is 1. The molecular formula is C22H20N4O6S. The van der Waals surface area contributed by atoms with E-state index in [4.69, 9.17) is 10.5 Å². The zero-order valence-electron chi connectivity index (χ0n) is 17.3. The normalized spacial score (nSPS) is 15.8. The fraction of sp³-hybridized carbons (Fsp3) is 0.227. The summed E-state index contributed by atoms with van der Waals surface area (Å²) in [4.78, 5) is 43.5. The van der Waals surface area contributed by atoms with Crippen LogP contribution in [0.2, 0.25) is 0 Å². The number of anilines is 1. The van der Waals surface area contributed by atoms with Crippen molar-refractivity contribution in [2.45, 2.75) is 25.0 Å². The van der Waals surface area contributed by atoms with Crippen molar-refractivity contribution < 1.29 is 24.3 Å². The lowest BCUT2D eigenvalue weighted by molar-refractivity contribution is -0.766. The molecule has 2 heterocycles. The van der Waals surface area contributed by atoms with Crippen LogP contribution in [0.25, 0.3) is 10.1 Å². The van der Waals surface area contributed by atoms with Crippen LogP contribution in [-0.4, -0.2) is 34.6 Å². The standard InChI is InChI=1S/C22H20N4O6S/c23-10-18(21(27)25-20-9-15-5-6-24-11-19(15)33-20)14-3-1-13(2-4-14)12-31-22(28)16-7-17(8-16)32-26(29)30/h1-7,9,11,17-18H,8,10,12,23H2,(H,25,27)/t17-,18-/m1/s1. The Balaban J connectivity index is 1.32. The van der Waals surface area contributed by atoms with Crippen molar-refractivity contribution in [2.24, 2.45) is 5.73 Å². The topological polar surface area (TPSA) is 147 Å². The quantitative estimate of drug-likeness (QED) is 0.277. The van der Waals surface area contributed by atoms with Crippen molar-refractivity contribution in [3.05, 3.63) is 81.7 Å². The first-order valence-corrected chi connectivity index (χ1v) is 10.9. The number of nitrogens with two attached hydrogens (primary N) is 1. The number of carbonyl (C=O) groups is 2. The lowest BCUT2D eigenvalue weighted by atomic mass is 9.96. The van der Waals surface area contributed by atoms with Gasteiger partial charge < -0.3 is 20.6 Å². The number of fused-ring (bicyclic) bond motifs is 1. The maximum atomic E-state index is 12.8. The van der Waals surface area contributed by atoms with E-state index in [1.807, 2.05) is 12.1 Å². The van der Waals surface area contributed by atoms with Crippen molar-refractivity contribution >= 4 is 38.3 Å². The Hall–Kier alpha value is -3.83. The van der Waals surface area contributed by atoms with Crippen LogP contribution < -0.4 is 11.1 Å². The molecule has 11 heteroatoms. The Morgan fingerprint density at radius 1 is 1.30 bits per heavy atom. The lowest BCUT2D eigenvalue weighted by Crippen LogP contribution is -2.27. The van der Waals surface area contributed by atoms with Gasteiger partial charge in [-0.15, -0.1) is 21.5 Å². The van der Waals surface area contributed by atoms with E-state index < -0.39 is 23.1 Å². The van der Waals surface area contributed by atoms with Crippen molar-refractivity contribution in [3.8, 4) is 0 Å². The Bertz CT molecular complexity index is 1190. The number of esters is 1. The molecule has 0 fully saturated rings. The summed E-state index contributed by atoms with van der Waals surface area (Å²) in [6, 6.07) is 10.9. The molecule has 0 bridgehead atoms. The molecule has 1 aliphatic rings. The van der Waals surface area contributed by atoms with Crippen LogP contribution in [0.4, 0.5) is 5.00 Å². The number of benzene rings is 1. The van der Waals surface area contributed by atoms with E-state index in [1.54, 1.807) is 36.7 Å². The van der Waals surface area contributed by atoms with E-state index in [0.29, 0.717) is 5.57 Å². The van der Waals surface area contributed by atoms with Crippen LogP contribution >= 0.6 is 11.3 Å². The fourth-order valence-corrected chi connectivity index (χ4v) is 4.31. The predicted octanol–water partition coefficient (Wildman–Crippen LogP) is 2.93. The number of ether oxygens (including phenoxy) is 1. The molecule has 1 aliphatic carbocycles. The van der Waals surface area contributed by atoms with Gasteiger partial charge in [-0.1, -0.05) is 24.3 Å². The summed E-state index contributed by atoms with van der Waals surface area (Å²) in [5.74, 6) is -1.29. The van der Waals surface area contributed by atoms with Gasteiger partial charge in [0.1, 0.15) is 12.7 Å². The summed E-state index contributed by atoms with van der Waals surface area (Å²) in [5.41, 5.74) is 7.69. The second kappa shape index (κ2) is 9.76. The number of nitrogens with zero attached hydrogens (tertiary/aromatic N) is 2. The average molecular weight is 468 g/mol. The molecule has 1 amide bonds. The van der Waals surface area contributed by atoms with Crippen LogP contribution in [0.15, 0.2) is 60.4 Å². The summed E-state index contributed by atoms with van der Waals surface area (Å²) in [6.07, 6.45) is 4.26. The molecule has 33 heavy (non-hydrogen) atoms. The first kappa shape index (κ1) is 22.4. The zero-order valence-corrected chi connectivity index (χ0v) is 18.1. The maximum absolute atomic E-state index is 12.8. The summed E-state index contributed by atoms with van der Waals surface area (Å²) in [5, 5.41) is 14.0. The molecule has 0 aliphatic heterocycles. The van der Waals surface area contributed by atoms with Gasteiger partial charge in [0.15, 0.2) is 0 Å². The van der Waals surface area contributed by atoms with Crippen LogP contribution in [-0.2, 0) is 25.8 Å². The third-order valence-corrected chi connectivity index (χ3v) is 6.17. The van der Waals surface area contributed by atoms with Crippen molar-refractivity contribution in [2.75, 3.05) is 11.9 Å². The van der Waals surface area contributed by atoms with Crippen LogP contribution in [0.3, 0.4) is 0 Å². The van der Waals surface area contributed by atoms with Crippen LogP contribution in [0.5, 0.6) is 0 Å². The highest BCUT2D eigenvalue weighted by molar-refractivity contribution is 7.22. The minimum absolute atomic E-state index is 0.0342. The fourth-order valence-electron chi connectivity index (χ4n) is 3.37. The molecule has 10 nitrogen and oxygen atoms in total. The van der Waals surface area contributed by atoms with Gasteiger partial charge in [-0.2, -0.15) is 0 Å². The summed E-state index contributed by atoms with van der Waals surface area (Å²) in [6.45, 7) is 0.167. The first-order chi connectivity index (χ1) is 15.9. The molecule has 0 saturated carbocycles. The second-order valence-electron chi connectivity index (χ2n) is 7.38. The smallest absolute Gasteiger partial charge is 0.334 e. The average Bonchev–Trinajstić information content (AvgIpc) is 3.17.